The first-order valence-corrected chi connectivity index (χ1v) is 11.8. The number of hydrogen-bond donors (Lipinski definition) is 1. The quantitative estimate of drug-likeness (QED) is 0.426. The first-order valence-electron chi connectivity index (χ1n) is 8.98. The van der Waals surface area contributed by atoms with Crippen LogP contribution in [0, 0.1) is 12.8 Å². The number of rotatable bonds is 11. The van der Waals surface area contributed by atoms with Crippen molar-refractivity contribution in [1.82, 2.24) is 0 Å². The third-order valence-electron chi connectivity index (χ3n) is 4.34. The third-order valence-corrected chi connectivity index (χ3v) is 7.26. The van der Waals surface area contributed by atoms with Gasteiger partial charge < -0.3 is 9.84 Å². The normalized spacial score (nSPS) is 12.5. The molecule has 2 rings (SSSR count). The fourth-order valence-corrected chi connectivity index (χ4v) is 5.38. The van der Waals surface area contributed by atoms with E-state index in [0.29, 0.717) is 23.7 Å². The Morgan fingerprint density at radius 3 is 2.17 bits per heavy atom. The van der Waals surface area contributed by atoms with Crippen LogP contribution < -0.4 is 0 Å². The summed E-state index contributed by atoms with van der Waals surface area (Å²) in [5.41, 5.74) is 1.32. The van der Waals surface area contributed by atoms with Gasteiger partial charge in [-0.25, -0.2) is 13.2 Å². The molecule has 1 atom stereocenters. The van der Waals surface area contributed by atoms with Crippen molar-refractivity contribution in [2.75, 3.05) is 31.0 Å². The maximum absolute atomic E-state index is 13.0. The van der Waals surface area contributed by atoms with Gasteiger partial charge in [0.25, 0.3) is 0 Å². The molecular formula is C21H24O6S2. The van der Waals surface area contributed by atoms with Crippen molar-refractivity contribution in [1.29, 1.82) is 0 Å². The standard InChI is InChI=1S/C21H24O6S2/c1-15-3-9-19(10-4-15)29(25,26)14-18(13-28-12-11-27-2)20(22)16-5-7-17(8-6-16)21(23)24/h3-10,18H,11-14H2,1-2H3,(H,23,24). The Morgan fingerprint density at radius 1 is 1.03 bits per heavy atom. The summed E-state index contributed by atoms with van der Waals surface area (Å²) in [5, 5.41) is 9.01. The van der Waals surface area contributed by atoms with Crippen LogP contribution in [-0.2, 0) is 14.6 Å². The smallest absolute Gasteiger partial charge is 0.335 e. The van der Waals surface area contributed by atoms with E-state index in [1.165, 1.54) is 36.0 Å². The van der Waals surface area contributed by atoms with Gasteiger partial charge in [0.1, 0.15) is 0 Å². The number of ether oxygens (including phenoxy) is 1. The molecular weight excluding hydrogens is 412 g/mol. The monoisotopic (exact) mass is 436 g/mol. The van der Waals surface area contributed by atoms with Gasteiger partial charge in [-0.2, -0.15) is 11.8 Å². The average molecular weight is 437 g/mol. The molecule has 0 aliphatic carbocycles. The Morgan fingerprint density at radius 2 is 1.62 bits per heavy atom. The number of aromatic carboxylic acids is 1. The van der Waals surface area contributed by atoms with Crippen molar-refractivity contribution < 1.29 is 27.9 Å². The molecule has 29 heavy (non-hydrogen) atoms. The van der Waals surface area contributed by atoms with Crippen LogP contribution in [0.25, 0.3) is 0 Å². The molecule has 0 bridgehead atoms. The van der Waals surface area contributed by atoms with Crippen molar-refractivity contribution in [2.24, 2.45) is 5.92 Å². The molecule has 0 saturated carbocycles. The maximum Gasteiger partial charge on any atom is 0.335 e. The lowest BCUT2D eigenvalue weighted by molar-refractivity contribution is 0.0696. The highest BCUT2D eigenvalue weighted by Crippen LogP contribution is 2.22. The number of ketones is 1. The third kappa shape index (κ3) is 6.69. The second kappa shape index (κ2) is 10.6. The Bertz CT molecular complexity index is 934. The molecule has 0 aromatic heterocycles. The number of sulfone groups is 1. The van der Waals surface area contributed by atoms with Crippen molar-refractivity contribution >= 4 is 33.4 Å². The van der Waals surface area contributed by atoms with E-state index in [1.54, 1.807) is 31.4 Å². The molecule has 156 valence electrons. The minimum Gasteiger partial charge on any atom is -0.478 e. The molecule has 0 fully saturated rings. The van der Waals surface area contributed by atoms with Crippen LogP contribution in [0.1, 0.15) is 26.3 Å². The second-order valence-corrected chi connectivity index (χ2v) is 9.79. The topological polar surface area (TPSA) is 97.7 Å². The Labute approximate surface area is 175 Å². The number of methoxy groups -OCH3 is 1. The van der Waals surface area contributed by atoms with E-state index in [1.807, 2.05) is 6.92 Å². The van der Waals surface area contributed by atoms with Gasteiger partial charge in [0, 0.05) is 30.1 Å². The maximum atomic E-state index is 13.0. The van der Waals surface area contributed by atoms with Gasteiger partial charge in [0.05, 0.1) is 22.8 Å². The van der Waals surface area contributed by atoms with Crippen LogP contribution in [0.4, 0.5) is 0 Å². The molecule has 6 nitrogen and oxygen atoms in total. The molecule has 2 aromatic carbocycles. The van der Waals surface area contributed by atoms with Crippen molar-refractivity contribution in [3.63, 3.8) is 0 Å². The summed E-state index contributed by atoms with van der Waals surface area (Å²) in [5.74, 6) is -1.49. The summed E-state index contributed by atoms with van der Waals surface area (Å²) in [7, 11) is -2.07. The summed E-state index contributed by atoms with van der Waals surface area (Å²) < 4.78 is 30.7. The zero-order chi connectivity index (χ0) is 21.4. The van der Waals surface area contributed by atoms with E-state index < -0.39 is 21.7 Å². The zero-order valence-electron chi connectivity index (χ0n) is 16.3. The van der Waals surface area contributed by atoms with Gasteiger partial charge in [0.2, 0.25) is 0 Å². The summed E-state index contributed by atoms with van der Waals surface area (Å²) in [6.45, 7) is 2.37. The Hall–Kier alpha value is -2.16. The molecule has 0 heterocycles. The Kier molecular flexibility index (Phi) is 8.43. The van der Waals surface area contributed by atoms with E-state index in [-0.39, 0.29) is 22.0 Å². The highest BCUT2D eigenvalue weighted by molar-refractivity contribution is 7.99. The number of aryl methyl sites for hydroxylation is 1. The molecule has 0 amide bonds. The molecule has 0 aliphatic rings. The zero-order valence-corrected chi connectivity index (χ0v) is 18.0. The van der Waals surface area contributed by atoms with Gasteiger partial charge in [-0.3, -0.25) is 4.79 Å². The predicted molar refractivity (Wildman–Crippen MR) is 114 cm³/mol. The van der Waals surface area contributed by atoms with Crippen LogP contribution in [-0.4, -0.2) is 56.3 Å². The highest BCUT2D eigenvalue weighted by Gasteiger charge is 2.28. The van der Waals surface area contributed by atoms with Crippen molar-refractivity contribution in [3.05, 3.63) is 65.2 Å². The van der Waals surface area contributed by atoms with E-state index in [4.69, 9.17) is 9.84 Å². The lowest BCUT2D eigenvalue weighted by Gasteiger charge is -2.16. The molecule has 1 N–H and O–H groups in total. The summed E-state index contributed by atoms with van der Waals surface area (Å²) in [4.78, 5) is 24.2. The average Bonchev–Trinajstić information content (AvgIpc) is 2.70. The minimum absolute atomic E-state index is 0.0693. The van der Waals surface area contributed by atoms with E-state index in [9.17, 15) is 18.0 Å². The van der Waals surface area contributed by atoms with Crippen molar-refractivity contribution in [3.8, 4) is 0 Å². The molecule has 0 radical (unpaired) electrons. The minimum atomic E-state index is -3.65. The Balaban J connectivity index is 2.24. The van der Waals surface area contributed by atoms with Crippen LogP contribution in [0.3, 0.4) is 0 Å². The number of hydrogen-bond acceptors (Lipinski definition) is 6. The number of Topliss-reactive ketones (excluding diaryl/α,β-unsaturated/α-hetero) is 1. The fraction of sp³-hybridized carbons (Fsp3) is 0.333. The van der Waals surface area contributed by atoms with Crippen LogP contribution in [0.5, 0.6) is 0 Å². The first-order chi connectivity index (χ1) is 13.7. The lowest BCUT2D eigenvalue weighted by Crippen LogP contribution is -2.27. The second-order valence-electron chi connectivity index (χ2n) is 6.61. The van der Waals surface area contributed by atoms with Gasteiger partial charge in [-0.1, -0.05) is 29.8 Å². The molecule has 0 saturated heterocycles. The van der Waals surface area contributed by atoms with Gasteiger partial charge in [-0.15, -0.1) is 0 Å². The summed E-state index contributed by atoms with van der Waals surface area (Å²) in [6, 6.07) is 12.1. The summed E-state index contributed by atoms with van der Waals surface area (Å²) in [6.07, 6.45) is 0. The molecule has 0 aliphatic heterocycles. The molecule has 1 unspecified atom stereocenters. The number of carboxylic acids is 1. The van der Waals surface area contributed by atoms with E-state index in [2.05, 4.69) is 0 Å². The van der Waals surface area contributed by atoms with Gasteiger partial charge in [0.15, 0.2) is 15.6 Å². The van der Waals surface area contributed by atoms with Crippen LogP contribution >= 0.6 is 11.8 Å². The first kappa shape index (κ1) is 23.1. The fourth-order valence-electron chi connectivity index (χ4n) is 2.69. The van der Waals surface area contributed by atoms with Gasteiger partial charge in [-0.05, 0) is 31.2 Å². The largest absolute Gasteiger partial charge is 0.478 e. The number of carboxylic acid groups (broad SMARTS) is 1. The number of benzene rings is 2. The number of carbonyl (C=O) groups excluding carboxylic acids is 1. The van der Waals surface area contributed by atoms with Crippen LogP contribution in [0.15, 0.2) is 53.4 Å². The predicted octanol–water partition coefficient (Wildman–Crippen LogP) is 3.35. The van der Waals surface area contributed by atoms with E-state index >= 15 is 0 Å². The van der Waals surface area contributed by atoms with Gasteiger partial charge >= 0.3 is 5.97 Å². The highest BCUT2D eigenvalue weighted by atomic mass is 32.2. The molecule has 0 spiro atoms. The molecule has 8 heteroatoms. The lowest BCUT2D eigenvalue weighted by atomic mass is 10.00. The molecule has 2 aromatic rings. The van der Waals surface area contributed by atoms with Crippen molar-refractivity contribution in [2.45, 2.75) is 11.8 Å². The van der Waals surface area contributed by atoms with Crippen LogP contribution in [0.2, 0.25) is 0 Å². The number of carbonyl (C=O) groups is 2. The SMILES string of the molecule is COCCSCC(CS(=O)(=O)c1ccc(C)cc1)C(=O)c1ccc(C(=O)O)cc1. The van der Waals surface area contributed by atoms with E-state index in [0.717, 1.165) is 5.56 Å². The number of thioether (sulfide) groups is 1. The summed E-state index contributed by atoms with van der Waals surface area (Å²) >= 11 is 1.45.